The number of nitrogen functional groups attached to an aromatic ring is 1. The van der Waals surface area contributed by atoms with Crippen LogP contribution in [-0.2, 0) is 0 Å². The third kappa shape index (κ3) is 3.09. The Bertz CT molecular complexity index is 647. The van der Waals surface area contributed by atoms with E-state index in [1.807, 2.05) is 6.07 Å². The maximum absolute atomic E-state index is 9.25. The lowest BCUT2D eigenvalue weighted by Crippen LogP contribution is -2.17. The molecule has 0 aliphatic heterocycles. The zero-order valence-electron chi connectivity index (χ0n) is 11.9. The van der Waals surface area contributed by atoms with Gasteiger partial charge in [-0.15, -0.1) is 0 Å². The molecule has 1 aromatic heterocycles. The Kier molecular flexibility index (Phi) is 3.66. The molecule has 2 N–H and O–H groups in total. The number of anilines is 1. The predicted octanol–water partition coefficient (Wildman–Crippen LogP) is 2.75. The van der Waals surface area contributed by atoms with Crippen molar-refractivity contribution in [3.05, 3.63) is 36.0 Å². The first-order valence-electron chi connectivity index (χ1n) is 6.37. The van der Waals surface area contributed by atoms with Gasteiger partial charge in [0.05, 0.1) is 24.1 Å². The Hall–Kier alpha value is -2.48. The summed E-state index contributed by atoms with van der Waals surface area (Å²) in [7, 11) is 0. The van der Waals surface area contributed by atoms with Crippen molar-refractivity contribution in [3.63, 3.8) is 0 Å². The van der Waals surface area contributed by atoms with E-state index in [1.54, 1.807) is 29.1 Å². The molecule has 1 aromatic carbocycles. The van der Waals surface area contributed by atoms with Crippen LogP contribution in [0.15, 0.2) is 30.5 Å². The number of rotatable bonds is 3. The molecule has 0 radical (unpaired) electrons. The van der Waals surface area contributed by atoms with Crippen molar-refractivity contribution in [1.82, 2.24) is 9.78 Å². The Morgan fingerprint density at radius 3 is 2.65 bits per heavy atom. The van der Waals surface area contributed by atoms with Crippen LogP contribution in [-0.4, -0.2) is 16.4 Å². The van der Waals surface area contributed by atoms with Crippen molar-refractivity contribution < 1.29 is 4.74 Å². The normalized spacial score (nSPS) is 11.1. The summed E-state index contributed by atoms with van der Waals surface area (Å²) >= 11 is 0. The fourth-order valence-corrected chi connectivity index (χ4v) is 1.69. The summed E-state index contributed by atoms with van der Waals surface area (Å²) in [6.07, 6.45) is 1.62. The molecule has 5 heteroatoms. The zero-order valence-corrected chi connectivity index (χ0v) is 11.9. The molecule has 0 aliphatic rings. The standard InChI is InChI=1S/C15H18N4O/c1-15(2,3)10-20-13-5-4-12(8-11(13)9-16)19-14(17)6-7-18-19/h4-8H,10,17H2,1-3H3. The van der Waals surface area contributed by atoms with E-state index in [1.165, 1.54) is 0 Å². The first-order chi connectivity index (χ1) is 9.40. The molecule has 104 valence electrons. The van der Waals surface area contributed by atoms with Crippen molar-refractivity contribution in [1.29, 1.82) is 5.26 Å². The van der Waals surface area contributed by atoms with Gasteiger partial charge in [0, 0.05) is 6.07 Å². The van der Waals surface area contributed by atoms with Gasteiger partial charge in [-0.25, -0.2) is 4.68 Å². The van der Waals surface area contributed by atoms with Crippen LogP contribution in [0.2, 0.25) is 0 Å². The van der Waals surface area contributed by atoms with E-state index in [9.17, 15) is 5.26 Å². The zero-order chi connectivity index (χ0) is 14.8. The third-order valence-electron chi connectivity index (χ3n) is 2.66. The summed E-state index contributed by atoms with van der Waals surface area (Å²) in [4.78, 5) is 0. The molecule has 20 heavy (non-hydrogen) atoms. The van der Waals surface area contributed by atoms with Crippen molar-refractivity contribution >= 4 is 5.82 Å². The van der Waals surface area contributed by atoms with Gasteiger partial charge in [0.15, 0.2) is 0 Å². The molecule has 2 rings (SSSR count). The quantitative estimate of drug-likeness (QED) is 0.930. The van der Waals surface area contributed by atoms with Gasteiger partial charge in [-0.05, 0) is 23.6 Å². The molecule has 0 saturated heterocycles. The van der Waals surface area contributed by atoms with E-state index in [4.69, 9.17) is 10.5 Å². The second-order valence-electron chi connectivity index (χ2n) is 5.81. The summed E-state index contributed by atoms with van der Waals surface area (Å²) in [6, 6.07) is 9.19. The smallest absolute Gasteiger partial charge is 0.137 e. The molecule has 0 bridgehead atoms. The molecule has 5 nitrogen and oxygen atoms in total. The van der Waals surface area contributed by atoms with Crippen molar-refractivity contribution in [3.8, 4) is 17.5 Å². The van der Waals surface area contributed by atoms with Crippen molar-refractivity contribution in [2.75, 3.05) is 12.3 Å². The highest BCUT2D eigenvalue weighted by Gasteiger charge is 2.14. The van der Waals surface area contributed by atoms with Crippen LogP contribution in [0, 0.1) is 16.7 Å². The van der Waals surface area contributed by atoms with Crippen LogP contribution in [0.1, 0.15) is 26.3 Å². The Morgan fingerprint density at radius 1 is 1.35 bits per heavy atom. The number of aromatic nitrogens is 2. The summed E-state index contributed by atoms with van der Waals surface area (Å²) < 4.78 is 7.29. The molecular formula is C15H18N4O. The van der Waals surface area contributed by atoms with E-state index in [-0.39, 0.29) is 5.41 Å². The molecule has 2 aromatic rings. The second kappa shape index (κ2) is 5.25. The van der Waals surface area contributed by atoms with Crippen LogP contribution in [0.5, 0.6) is 5.75 Å². The molecular weight excluding hydrogens is 252 g/mol. The number of benzene rings is 1. The van der Waals surface area contributed by atoms with E-state index in [0.29, 0.717) is 23.7 Å². The van der Waals surface area contributed by atoms with Gasteiger partial charge in [-0.1, -0.05) is 20.8 Å². The molecule has 0 unspecified atom stereocenters. The third-order valence-corrected chi connectivity index (χ3v) is 2.66. The largest absolute Gasteiger partial charge is 0.492 e. The highest BCUT2D eigenvalue weighted by atomic mass is 16.5. The minimum atomic E-state index is 0.0395. The van der Waals surface area contributed by atoms with Gasteiger partial charge in [0.1, 0.15) is 17.6 Å². The molecule has 0 spiro atoms. The SMILES string of the molecule is CC(C)(C)COc1ccc(-n2nccc2N)cc1C#N. The number of nitrogens with zero attached hydrogens (tertiary/aromatic N) is 3. The van der Waals surface area contributed by atoms with Crippen molar-refractivity contribution in [2.45, 2.75) is 20.8 Å². The van der Waals surface area contributed by atoms with Crippen molar-refractivity contribution in [2.24, 2.45) is 5.41 Å². The lowest BCUT2D eigenvalue weighted by molar-refractivity contribution is 0.197. The summed E-state index contributed by atoms with van der Waals surface area (Å²) in [5, 5.41) is 13.4. The van der Waals surface area contributed by atoms with Gasteiger partial charge in [-0.3, -0.25) is 0 Å². The number of ether oxygens (including phenoxy) is 1. The molecule has 1 heterocycles. The summed E-state index contributed by atoms with van der Waals surface area (Å²) in [5.41, 5.74) is 7.06. The lowest BCUT2D eigenvalue weighted by Gasteiger charge is -2.19. The maximum Gasteiger partial charge on any atom is 0.137 e. The lowest BCUT2D eigenvalue weighted by atomic mass is 9.98. The monoisotopic (exact) mass is 270 g/mol. The van der Waals surface area contributed by atoms with E-state index >= 15 is 0 Å². The summed E-state index contributed by atoms with van der Waals surface area (Å²) in [5.74, 6) is 1.11. The first kappa shape index (κ1) is 13.9. The molecule has 0 aliphatic carbocycles. The highest BCUT2D eigenvalue weighted by molar-refractivity contribution is 5.52. The van der Waals surface area contributed by atoms with E-state index in [0.717, 1.165) is 5.69 Å². The van der Waals surface area contributed by atoms with Crippen LogP contribution in [0.3, 0.4) is 0 Å². The van der Waals surface area contributed by atoms with Gasteiger partial charge < -0.3 is 10.5 Å². The fraction of sp³-hybridized carbons (Fsp3) is 0.333. The molecule has 0 fully saturated rings. The Labute approximate surface area is 118 Å². The number of hydrogen-bond acceptors (Lipinski definition) is 4. The van der Waals surface area contributed by atoms with E-state index in [2.05, 4.69) is 31.9 Å². The number of hydrogen-bond donors (Lipinski definition) is 1. The maximum atomic E-state index is 9.25. The Morgan fingerprint density at radius 2 is 2.10 bits per heavy atom. The number of nitrogens with two attached hydrogens (primary N) is 1. The van der Waals surface area contributed by atoms with Crippen LogP contribution < -0.4 is 10.5 Å². The molecule has 0 saturated carbocycles. The number of nitriles is 1. The average Bonchev–Trinajstić information content (AvgIpc) is 2.81. The second-order valence-corrected chi connectivity index (χ2v) is 5.81. The summed E-state index contributed by atoms with van der Waals surface area (Å²) in [6.45, 7) is 6.79. The van der Waals surface area contributed by atoms with Crippen LogP contribution in [0.4, 0.5) is 5.82 Å². The van der Waals surface area contributed by atoms with E-state index < -0.39 is 0 Å². The minimum absolute atomic E-state index is 0.0395. The van der Waals surface area contributed by atoms with Gasteiger partial charge in [0.2, 0.25) is 0 Å². The predicted molar refractivity (Wildman–Crippen MR) is 77.6 cm³/mol. The van der Waals surface area contributed by atoms with Gasteiger partial charge >= 0.3 is 0 Å². The molecule has 0 atom stereocenters. The Balaban J connectivity index is 2.30. The minimum Gasteiger partial charge on any atom is -0.492 e. The van der Waals surface area contributed by atoms with Crippen LogP contribution in [0.25, 0.3) is 5.69 Å². The topological polar surface area (TPSA) is 76.9 Å². The van der Waals surface area contributed by atoms with Gasteiger partial charge in [-0.2, -0.15) is 10.4 Å². The van der Waals surface area contributed by atoms with Crippen LogP contribution >= 0.6 is 0 Å². The fourth-order valence-electron chi connectivity index (χ4n) is 1.69. The average molecular weight is 270 g/mol. The van der Waals surface area contributed by atoms with Gasteiger partial charge in [0.25, 0.3) is 0 Å². The first-order valence-corrected chi connectivity index (χ1v) is 6.37. The highest BCUT2D eigenvalue weighted by Crippen LogP contribution is 2.24. The molecule has 0 amide bonds.